The highest BCUT2D eigenvalue weighted by Gasteiger charge is 2.62. The van der Waals surface area contributed by atoms with Crippen molar-refractivity contribution in [3.8, 4) is 0 Å². The molecule has 12 saturated heterocycles. The topological polar surface area (TPSA) is 867 Å². The normalized spacial score (nSPS) is 52.2. The SMILES string of the molecule is CCC1OC(OCC2OC(OC)C(O)C(O)C2OC2OC(CC)C(OC3OC(CC)C(OC4OC(CC)C(OC5OC(CC)C(OC)C(O)C5O)C(O)C4O)C(O)C3O)C(O)C2O)C(O)C(O)C1O.COC1OC(COC2OC(CO)C(O)C(O)C2O)C(OC2OC(CO)C(OC3OC(CO)C(OC4OC(CO)C(OC5OC(CO)C(OC)C(O)C5O)C(O)C4O)C(O)C3O)C(O)C2O)C(O)C1O. The third kappa shape index (κ3) is 24.9. The second-order valence-electron chi connectivity index (χ2n) is 35.6. The number of ether oxygens (including phenoxy) is 26. The Hall–Kier alpha value is -2.28. The highest BCUT2D eigenvalue weighted by Crippen LogP contribution is 2.43. The van der Waals surface area contributed by atoms with Gasteiger partial charge in [0.2, 0.25) is 0 Å². The number of methoxy groups -OCH3 is 4. The van der Waals surface area contributed by atoms with Gasteiger partial charge in [-0.1, -0.05) is 34.6 Å². The van der Waals surface area contributed by atoms with Gasteiger partial charge in [-0.15, -0.1) is 0 Å². The molecule has 60 unspecified atom stereocenters. The minimum Gasteiger partial charge on any atom is -0.394 e. The minimum atomic E-state index is -2.16. The van der Waals surface area contributed by atoms with E-state index in [0.717, 1.165) is 7.11 Å². The number of aliphatic hydroxyl groups excluding tert-OH is 31. The number of rotatable bonds is 36. The number of aliphatic hydroxyl groups is 31. The van der Waals surface area contributed by atoms with E-state index < -0.39 is 415 Å². The number of hydrogen-bond acceptors (Lipinski definition) is 57. The van der Waals surface area contributed by atoms with Crippen molar-refractivity contribution in [1.82, 2.24) is 0 Å². The van der Waals surface area contributed by atoms with Crippen LogP contribution in [0.15, 0.2) is 0 Å². The first-order valence-electron chi connectivity index (χ1n) is 45.8. The van der Waals surface area contributed by atoms with Crippen LogP contribution in [0.3, 0.4) is 0 Å². The van der Waals surface area contributed by atoms with Crippen LogP contribution in [-0.4, -0.2) is 601 Å². The number of hydrogen-bond donors (Lipinski definition) is 31. The van der Waals surface area contributed by atoms with Crippen molar-refractivity contribution in [2.24, 2.45) is 0 Å². The maximum Gasteiger partial charge on any atom is 0.187 e. The summed E-state index contributed by atoms with van der Waals surface area (Å²) in [6.45, 7) is 2.87. The zero-order valence-electron chi connectivity index (χ0n) is 76.6. The summed E-state index contributed by atoms with van der Waals surface area (Å²) in [7, 11) is 4.89. The van der Waals surface area contributed by atoms with Crippen molar-refractivity contribution in [1.29, 1.82) is 0 Å². The summed E-state index contributed by atoms with van der Waals surface area (Å²) in [5, 5.41) is 334. The molecule has 0 spiro atoms. The van der Waals surface area contributed by atoms with E-state index in [2.05, 4.69) is 0 Å². The molecule has 138 heavy (non-hydrogen) atoms. The average Bonchev–Trinajstić information content (AvgIpc) is 0.781. The fourth-order valence-electron chi connectivity index (χ4n) is 18.7. The van der Waals surface area contributed by atoms with E-state index in [9.17, 15) is 158 Å². The molecule has 60 atom stereocenters. The lowest BCUT2D eigenvalue weighted by atomic mass is 9.93. The Kier molecular flexibility index (Phi) is 43.5. The first-order chi connectivity index (χ1) is 65.6. The molecule has 0 bridgehead atoms. The average molecular weight is 2030 g/mol. The van der Waals surface area contributed by atoms with E-state index in [4.69, 9.17) is 123 Å². The summed E-state index contributed by atoms with van der Waals surface area (Å²) in [6.07, 6.45) is -96.3. The van der Waals surface area contributed by atoms with Crippen LogP contribution in [0.4, 0.5) is 0 Å². The van der Waals surface area contributed by atoms with Gasteiger partial charge in [0.1, 0.15) is 262 Å². The fraction of sp³-hybridized carbons (Fsp3) is 1.00. The van der Waals surface area contributed by atoms with Gasteiger partial charge in [0.05, 0.1) is 76.8 Å². The van der Waals surface area contributed by atoms with Crippen molar-refractivity contribution in [2.45, 2.75) is 435 Å². The summed E-state index contributed by atoms with van der Waals surface area (Å²) < 4.78 is 148. The van der Waals surface area contributed by atoms with Gasteiger partial charge in [0, 0.05) is 28.4 Å². The Morgan fingerprint density at radius 3 is 0.536 bits per heavy atom. The Balaban J connectivity index is 0.000000265. The van der Waals surface area contributed by atoms with Gasteiger partial charge in [0.15, 0.2) is 75.5 Å². The van der Waals surface area contributed by atoms with Crippen LogP contribution >= 0.6 is 0 Å². The molecule has 0 amide bonds. The minimum absolute atomic E-state index is 0.0960. The van der Waals surface area contributed by atoms with Crippen molar-refractivity contribution < 1.29 is 281 Å². The largest absolute Gasteiger partial charge is 0.394 e. The van der Waals surface area contributed by atoms with Gasteiger partial charge in [-0.25, -0.2) is 0 Å². The summed E-state index contributed by atoms with van der Waals surface area (Å²) in [5.41, 5.74) is 0. The molecule has 0 radical (unpaired) electrons. The molecule has 0 saturated carbocycles. The van der Waals surface area contributed by atoms with E-state index in [1.54, 1.807) is 34.6 Å². The van der Waals surface area contributed by atoms with Crippen LogP contribution in [0, 0.1) is 0 Å². The molecule has 0 aromatic rings. The molecule has 12 rings (SSSR count). The van der Waals surface area contributed by atoms with Crippen LogP contribution in [0.5, 0.6) is 0 Å². The Bertz CT molecular complexity index is 3280. The summed E-state index contributed by atoms with van der Waals surface area (Å²) >= 11 is 0. The predicted octanol–water partition coefficient (Wildman–Crippen LogP) is -18.5. The van der Waals surface area contributed by atoms with Crippen molar-refractivity contribution in [3.05, 3.63) is 0 Å². The molecule has 12 aliphatic heterocycles. The first-order valence-corrected chi connectivity index (χ1v) is 45.8. The Labute approximate surface area is 788 Å². The van der Waals surface area contributed by atoms with Crippen LogP contribution in [-0.2, 0) is 123 Å². The molecular weight excluding hydrogens is 1880 g/mol. The van der Waals surface area contributed by atoms with E-state index in [1.165, 1.54) is 21.3 Å². The lowest BCUT2D eigenvalue weighted by Gasteiger charge is -2.50. The molecule has 0 aromatic heterocycles. The summed E-state index contributed by atoms with van der Waals surface area (Å²) in [6, 6.07) is 0. The van der Waals surface area contributed by atoms with E-state index >= 15 is 0 Å². The monoisotopic (exact) mass is 2030 g/mol. The van der Waals surface area contributed by atoms with Crippen molar-refractivity contribution in [3.63, 3.8) is 0 Å². The lowest BCUT2D eigenvalue weighted by molar-refractivity contribution is -0.394. The third-order valence-electron chi connectivity index (χ3n) is 26.8. The zero-order valence-corrected chi connectivity index (χ0v) is 76.6. The van der Waals surface area contributed by atoms with E-state index in [-0.39, 0.29) is 25.7 Å². The molecule has 808 valence electrons. The fourth-order valence-corrected chi connectivity index (χ4v) is 18.7. The van der Waals surface area contributed by atoms with Crippen LogP contribution in [0.2, 0.25) is 0 Å². The van der Waals surface area contributed by atoms with Crippen LogP contribution in [0.1, 0.15) is 66.7 Å². The van der Waals surface area contributed by atoms with Gasteiger partial charge in [-0.2, -0.15) is 0 Å². The maximum absolute atomic E-state index is 11.5. The summed E-state index contributed by atoms with van der Waals surface area (Å²) in [4.78, 5) is 0. The van der Waals surface area contributed by atoms with E-state index in [0.29, 0.717) is 6.42 Å². The van der Waals surface area contributed by atoms with Crippen LogP contribution in [0.25, 0.3) is 0 Å². The highest BCUT2D eigenvalue weighted by molar-refractivity contribution is 5.04. The molecule has 31 N–H and O–H groups in total. The first kappa shape index (κ1) is 116. The Morgan fingerprint density at radius 2 is 0.312 bits per heavy atom. The van der Waals surface area contributed by atoms with Gasteiger partial charge < -0.3 is 281 Å². The molecule has 0 aromatic carbocycles. The third-order valence-corrected chi connectivity index (χ3v) is 26.8. The molecule has 12 aliphatic rings. The quantitative estimate of drug-likeness (QED) is 0.0277. The van der Waals surface area contributed by atoms with Crippen molar-refractivity contribution in [2.75, 3.05) is 74.7 Å². The smallest absolute Gasteiger partial charge is 0.187 e. The molecular formula is C81H142O57. The lowest BCUT2D eigenvalue weighted by Crippen LogP contribution is -2.68. The van der Waals surface area contributed by atoms with Gasteiger partial charge in [-0.05, 0) is 32.1 Å². The standard InChI is InChI=1S/C43H76O26.C38H66O31/c1-8-14-20(44)21(45)27(51)39(60-14)59-13-19-37(23(47)28(52)38(58-7)65-19)69-43-32(56)26(50)36(18(12-5)64-43)68-42-31(55)25(49)35(17(11-4)63-42)67-41-30(54)24(48)34(16(10-3)62-41)66-40-29(53)22(46)33(57-6)15(9-2)61-40;1-57-28-10(4-40)61-35(24(53)17(28)46)66-29-11(5-41)62-36(25(54)19(29)48)67-30-12(6-42)63-37(26(55)20(30)49)68-31-13(7-43)64-38(27(56)21(31)50)69-32-14(65-33(58-2)23(52)18(32)47)8-59-34-22(51)16(45)15(44)9(3-39)60-34/h14-56H,8-13H2,1-7H3;9-56H,3-8H2,1-2H3. The second kappa shape index (κ2) is 51.8. The summed E-state index contributed by atoms with van der Waals surface area (Å²) in [5.74, 6) is 0. The second-order valence-corrected chi connectivity index (χ2v) is 35.6. The molecule has 57 nitrogen and oxygen atoms in total. The molecule has 0 aliphatic carbocycles. The van der Waals surface area contributed by atoms with Crippen molar-refractivity contribution >= 4 is 0 Å². The Morgan fingerprint density at radius 1 is 0.152 bits per heavy atom. The molecule has 57 heteroatoms. The maximum atomic E-state index is 11.5. The van der Waals surface area contributed by atoms with E-state index in [1.807, 2.05) is 0 Å². The predicted molar refractivity (Wildman–Crippen MR) is 433 cm³/mol. The zero-order chi connectivity index (χ0) is 102. The molecule has 12 fully saturated rings. The van der Waals surface area contributed by atoms with Gasteiger partial charge in [0.25, 0.3) is 0 Å². The van der Waals surface area contributed by atoms with Gasteiger partial charge >= 0.3 is 0 Å². The van der Waals surface area contributed by atoms with Crippen LogP contribution < -0.4 is 0 Å². The highest BCUT2D eigenvalue weighted by atomic mass is 16.8. The molecule has 12 heterocycles. The van der Waals surface area contributed by atoms with Gasteiger partial charge in [-0.3, -0.25) is 0 Å².